The predicted octanol–water partition coefficient (Wildman–Crippen LogP) is 3.65. The van der Waals surface area contributed by atoms with E-state index in [2.05, 4.69) is 10.1 Å². The van der Waals surface area contributed by atoms with Gasteiger partial charge >= 0.3 is 0 Å². The fraction of sp³-hybridized carbons (Fsp3) is 0.231. The molecule has 0 aliphatic rings. The lowest BCUT2D eigenvalue weighted by molar-refractivity contribution is 0.376. The Labute approximate surface area is 124 Å². The minimum atomic E-state index is -0.477. The van der Waals surface area contributed by atoms with Crippen molar-refractivity contribution >= 4 is 34.2 Å². The van der Waals surface area contributed by atoms with Crippen molar-refractivity contribution in [3.05, 3.63) is 46.8 Å². The van der Waals surface area contributed by atoms with Crippen LogP contribution in [0.3, 0.4) is 0 Å². The van der Waals surface area contributed by atoms with Gasteiger partial charge in [-0.2, -0.15) is 0 Å². The van der Waals surface area contributed by atoms with Crippen LogP contribution in [-0.2, 0) is 13.0 Å². The fourth-order valence-corrected chi connectivity index (χ4v) is 2.43. The van der Waals surface area contributed by atoms with Gasteiger partial charge in [0.15, 0.2) is 5.76 Å². The molecular formula is C13H10Cl2FN3O. The predicted molar refractivity (Wildman–Crippen MR) is 74.7 cm³/mol. The van der Waals surface area contributed by atoms with Crippen LogP contribution in [-0.4, -0.2) is 20.6 Å². The Kier molecular flexibility index (Phi) is 3.63. The van der Waals surface area contributed by atoms with Gasteiger partial charge in [0.2, 0.25) is 0 Å². The Bertz CT molecular complexity index is 740. The van der Waals surface area contributed by atoms with Crippen LogP contribution in [0.25, 0.3) is 11.0 Å². The quantitative estimate of drug-likeness (QED) is 0.691. The molecule has 2 heterocycles. The van der Waals surface area contributed by atoms with Crippen molar-refractivity contribution in [2.24, 2.45) is 0 Å². The summed E-state index contributed by atoms with van der Waals surface area (Å²) in [5, 5.41) is 3.71. The molecule has 104 valence electrons. The second-order valence-electron chi connectivity index (χ2n) is 4.29. The molecule has 0 aliphatic carbocycles. The van der Waals surface area contributed by atoms with Crippen molar-refractivity contribution < 1.29 is 8.91 Å². The van der Waals surface area contributed by atoms with Gasteiger partial charge < -0.3 is 9.09 Å². The van der Waals surface area contributed by atoms with Gasteiger partial charge in [-0.3, -0.25) is 0 Å². The summed E-state index contributed by atoms with van der Waals surface area (Å²) in [5.41, 5.74) is 1.29. The summed E-state index contributed by atoms with van der Waals surface area (Å²) < 4.78 is 20.6. The number of imidazole rings is 1. The highest BCUT2D eigenvalue weighted by Gasteiger charge is 2.14. The molecule has 1 aromatic carbocycles. The molecule has 0 fully saturated rings. The second kappa shape index (κ2) is 5.42. The molecule has 0 radical (unpaired) electrons. The average Bonchev–Trinajstić information content (AvgIpc) is 3.02. The summed E-state index contributed by atoms with van der Waals surface area (Å²) in [4.78, 5) is 4.45. The Balaban J connectivity index is 2.15. The Morgan fingerprint density at radius 1 is 1.35 bits per heavy atom. The van der Waals surface area contributed by atoms with Gasteiger partial charge in [-0.25, -0.2) is 9.37 Å². The summed E-state index contributed by atoms with van der Waals surface area (Å²) in [6, 6.07) is 4.64. The topological polar surface area (TPSA) is 43.9 Å². The van der Waals surface area contributed by atoms with Crippen LogP contribution in [0, 0.1) is 5.82 Å². The number of aromatic nitrogens is 3. The molecule has 2 aromatic heterocycles. The van der Waals surface area contributed by atoms with E-state index < -0.39 is 5.82 Å². The van der Waals surface area contributed by atoms with Crippen LogP contribution in [0.15, 0.2) is 28.9 Å². The zero-order chi connectivity index (χ0) is 14.1. The van der Waals surface area contributed by atoms with Gasteiger partial charge in [0, 0.05) is 24.4 Å². The first-order valence-corrected chi connectivity index (χ1v) is 6.90. The SMILES string of the molecule is Fc1cc2c(cc1Cl)nc(CCCl)n2Cc1ccno1. The number of hydrogen-bond acceptors (Lipinski definition) is 3. The molecule has 0 spiro atoms. The maximum atomic E-state index is 13.7. The van der Waals surface area contributed by atoms with Crippen LogP contribution in [0.2, 0.25) is 5.02 Å². The number of rotatable bonds is 4. The first kappa shape index (κ1) is 13.4. The van der Waals surface area contributed by atoms with Gasteiger partial charge in [-0.15, -0.1) is 11.6 Å². The molecule has 0 unspecified atom stereocenters. The molecule has 4 nitrogen and oxygen atoms in total. The summed E-state index contributed by atoms with van der Waals surface area (Å²) in [5.74, 6) is 1.37. The summed E-state index contributed by atoms with van der Waals surface area (Å²) >= 11 is 11.6. The van der Waals surface area contributed by atoms with Crippen LogP contribution in [0.4, 0.5) is 4.39 Å². The first-order valence-electron chi connectivity index (χ1n) is 5.98. The molecule has 0 saturated heterocycles. The van der Waals surface area contributed by atoms with E-state index in [1.807, 2.05) is 4.57 Å². The fourth-order valence-electron chi connectivity index (χ4n) is 2.10. The highest BCUT2D eigenvalue weighted by Crippen LogP contribution is 2.25. The van der Waals surface area contributed by atoms with Crippen LogP contribution >= 0.6 is 23.2 Å². The number of benzene rings is 1. The van der Waals surface area contributed by atoms with Crippen molar-refractivity contribution in [3.8, 4) is 0 Å². The third-order valence-corrected chi connectivity index (χ3v) is 3.47. The molecule has 7 heteroatoms. The molecule has 0 amide bonds. The highest BCUT2D eigenvalue weighted by atomic mass is 35.5. The minimum Gasteiger partial charge on any atom is -0.359 e. The maximum Gasteiger partial charge on any atom is 0.156 e. The van der Waals surface area contributed by atoms with E-state index in [0.29, 0.717) is 35.6 Å². The van der Waals surface area contributed by atoms with Crippen LogP contribution in [0.5, 0.6) is 0 Å². The van der Waals surface area contributed by atoms with Crippen LogP contribution < -0.4 is 0 Å². The van der Waals surface area contributed by atoms with Crippen LogP contribution in [0.1, 0.15) is 11.6 Å². The second-order valence-corrected chi connectivity index (χ2v) is 5.07. The highest BCUT2D eigenvalue weighted by molar-refractivity contribution is 6.31. The molecule has 0 atom stereocenters. The monoisotopic (exact) mass is 313 g/mol. The molecule has 3 rings (SSSR count). The molecule has 0 bridgehead atoms. The Hall–Kier alpha value is -1.59. The zero-order valence-corrected chi connectivity index (χ0v) is 11.8. The van der Waals surface area contributed by atoms with Crippen molar-refractivity contribution in [2.45, 2.75) is 13.0 Å². The normalized spacial score (nSPS) is 11.3. The first-order chi connectivity index (χ1) is 9.69. The maximum absolute atomic E-state index is 13.7. The Morgan fingerprint density at radius 2 is 2.20 bits per heavy atom. The van der Waals surface area contributed by atoms with Gasteiger partial charge in [-0.05, 0) is 6.07 Å². The van der Waals surface area contributed by atoms with E-state index in [4.69, 9.17) is 27.7 Å². The zero-order valence-electron chi connectivity index (χ0n) is 10.3. The minimum absolute atomic E-state index is 0.0549. The van der Waals surface area contributed by atoms with E-state index in [1.165, 1.54) is 12.1 Å². The average molecular weight is 314 g/mol. The lowest BCUT2D eigenvalue weighted by atomic mass is 10.3. The number of alkyl halides is 1. The number of halogens is 3. The number of hydrogen-bond donors (Lipinski definition) is 0. The lowest BCUT2D eigenvalue weighted by Crippen LogP contribution is -2.05. The van der Waals surface area contributed by atoms with Gasteiger partial charge in [0.25, 0.3) is 0 Å². The Morgan fingerprint density at radius 3 is 2.90 bits per heavy atom. The number of fused-ring (bicyclic) bond motifs is 1. The van der Waals surface area contributed by atoms with Crippen molar-refractivity contribution in [1.82, 2.24) is 14.7 Å². The van der Waals surface area contributed by atoms with E-state index in [9.17, 15) is 4.39 Å². The van der Waals surface area contributed by atoms with Crippen molar-refractivity contribution in [1.29, 1.82) is 0 Å². The molecule has 3 aromatic rings. The molecule has 20 heavy (non-hydrogen) atoms. The van der Waals surface area contributed by atoms with Crippen molar-refractivity contribution in [3.63, 3.8) is 0 Å². The third-order valence-electron chi connectivity index (χ3n) is 2.99. The smallest absolute Gasteiger partial charge is 0.156 e. The van der Waals surface area contributed by atoms with E-state index in [0.717, 1.165) is 5.82 Å². The standard InChI is InChI=1S/C13H10Cl2FN3O/c14-3-1-13-18-11-5-9(15)10(16)6-12(11)19(13)7-8-2-4-17-20-8/h2,4-6H,1,3,7H2. The van der Waals surface area contributed by atoms with E-state index in [1.54, 1.807) is 12.3 Å². The number of aryl methyl sites for hydroxylation is 1. The summed E-state index contributed by atoms with van der Waals surface area (Å²) in [6.45, 7) is 0.420. The molecular weight excluding hydrogens is 304 g/mol. The van der Waals surface area contributed by atoms with E-state index >= 15 is 0 Å². The molecule has 0 aliphatic heterocycles. The summed E-state index contributed by atoms with van der Waals surface area (Å²) in [7, 11) is 0. The summed E-state index contributed by atoms with van der Waals surface area (Å²) in [6.07, 6.45) is 2.14. The van der Waals surface area contributed by atoms with Crippen molar-refractivity contribution in [2.75, 3.05) is 5.88 Å². The number of nitrogens with zero attached hydrogens (tertiary/aromatic N) is 3. The van der Waals surface area contributed by atoms with Gasteiger partial charge in [0.05, 0.1) is 28.8 Å². The molecule has 0 saturated carbocycles. The van der Waals surface area contributed by atoms with Gasteiger partial charge in [-0.1, -0.05) is 16.8 Å². The third kappa shape index (κ3) is 2.39. The molecule has 0 N–H and O–H groups in total. The van der Waals surface area contributed by atoms with E-state index in [-0.39, 0.29) is 5.02 Å². The lowest BCUT2D eigenvalue weighted by Gasteiger charge is -2.06. The van der Waals surface area contributed by atoms with Gasteiger partial charge in [0.1, 0.15) is 11.6 Å². The largest absolute Gasteiger partial charge is 0.359 e.